The van der Waals surface area contributed by atoms with Gasteiger partial charge in [-0.15, -0.1) is 23.5 Å². The van der Waals surface area contributed by atoms with Gasteiger partial charge in [-0.2, -0.15) is 0 Å². The molecule has 14 heavy (non-hydrogen) atoms. The molecule has 0 spiro atoms. The van der Waals surface area contributed by atoms with Gasteiger partial charge in [-0.3, -0.25) is 0 Å². The van der Waals surface area contributed by atoms with Crippen LogP contribution in [0.15, 0.2) is 35.2 Å². The molecule has 1 aromatic carbocycles. The maximum Gasteiger partial charge on any atom is 0.0521 e. The summed E-state index contributed by atoms with van der Waals surface area (Å²) in [6, 6.07) is 10.6. The van der Waals surface area contributed by atoms with E-state index in [0.29, 0.717) is 4.58 Å². The summed E-state index contributed by atoms with van der Waals surface area (Å²) in [5.74, 6) is 1.29. The number of unbranched alkanes of at least 4 members (excludes halogenated alkanes) is 1. The van der Waals surface area contributed by atoms with Crippen molar-refractivity contribution in [1.82, 2.24) is 0 Å². The smallest absolute Gasteiger partial charge is 0.0521 e. The minimum absolute atomic E-state index is 0.670. The first-order chi connectivity index (χ1) is 6.83. The first-order valence-electron chi connectivity index (χ1n) is 5.16. The van der Waals surface area contributed by atoms with Gasteiger partial charge in [0.25, 0.3) is 0 Å². The average molecular weight is 226 g/mol. The molecule has 0 amide bonds. The van der Waals surface area contributed by atoms with E-state index in [4.69, 9.17) is 0 Å². The molecule has 1 aromatic rings. The van der Waals surface area contributed by atoms with Crippen LogP contribution in [0, 0.1) is 0 Å². The van der Waals surface area contributed by atoms with E-state index in [1.165, 1.54) is 23.5 Å². The number of rotatable bonds is 6. The summed E-state index contributed by atoms with van der Waals surface area (Å²) in [5.41, 5.74) is 0. The zero-order chi connectivity index (χ0) is 10.2. The molecule has 0 aromatic heterocycles. The van der Waals surface area contributed by atoms with Gasteiger partial charge in [-0.05, 0) is 31.2 Å². The predicted molar refractivity (Wildman–Crippen MR) is 69.1 cm³/mol. The van der Waals surface area contributed by atoms with Crippen LogP contribution < -0.4 is 0 Å². The van der Waals surface area contributed by atoms with Gasteiger partial charge in [0.2, 0.25) is 0 Å². The summed E-state index contributed by atoms with van der Waals surface area (Å²) >= 11 is 4.02. The highest BCUT2D eigenvalue weighted by Crippen LogP contribution is 2.30. The zero-order valence-electron chi connectivity index (χ0n) is 8.90. The second-order valence-electron chi connectivity index (χ2n) is 3.22. The van der Waals surface area contributed by atoms with Gasteiger partial charge in [0.15, 0.2) is 0 Å². The van der Waals surface area contributed by atoms with Crippen molar-refractivity contribution in [2.45, 2.75) is 36.2 Å². The van der Waals surface area contributed by atoms with E-state index in [1.54, 1.807) is 0 Å². The first kappa shape index (κ1) is 12.0. The van der Waals surface area contributed by atoms with E-state index < -0.39 is 0 Å². The topological polar surface area (TPSA) is 0 Å². The highest BCUT2D eigenvalue weighted by Gasteiger charge is 2.03. The number of benzene rings is 1. The standard InChI is InChI=1S/C12H18S2/c1-3-4-10-13-11(2)14-12-8-6-5-7-9-12/h5-9,11H,3-4,10H2,1-2H3. The van der Waals surface area contributed by atoms with Gasteiger partial charge < -0.3 is 0 Å². The van der Waals surface area contributed by atoms with Gasteiger partial charge in [-0.1, -0.05) is 31.5 Å². The highest BCUT2D eigenvalue weighted by atomic mass is 32.2. The molecule has 0 heterocycles. The second kappa shape index (κ2) is 7.24. The summed E-state index contributed by atoms with van der Waals surface area (Å²) < 4.78 is 0.670. The van der Waals surface area contributed by atoms with Gasteiger partial charge in [0, 0.05) is 4.90 Å². The van der Waals surface area contributed by atoms with Crippen molar-refractivity contribution in [3.05, 3.63) is 30.3 Å². The van der Waals surface area contributed by atoms with Crippen LogP contribution in [-0.4, -0.2) is 10.3 Å². The van der Waals surface area contributed by atoms with Crippen LogP contribution in [0.25, 0.3) is 0 Å². The fourth-order valence-electron chi connectivity index (χ4n) is 1.12. The third kappa shape index (κ3) is 4.97. The molecule has 0 bridgehead atoms. The molecule has 0 saturated heterocycles. The Kier molecular flexibility index (Phi) is 6.20. The van der Waals surface area contributed by atoms with Crippen LogP contribution >= 0.6 is 23.5 Å². The minimum Gasteiger partial charge on any atom is -0.148 e. The molecule has 0 aliphatic carbocycles. The number of hydrogen-bond acceptors (Lipinski definition) is 2. The Morgan fingerprint density at radius 1 is 1.21 bits per heavy atom. The van der Waals surface area contributed by atoms with E-state index in [2.05, 4.69) is 55.9 Å². The van der Waals surface area contributed by atoms with Crippen LogP contribution in [0.4, 0.5) is 0 Å². The molecule has 0 N–H and O–H groups in total. The van der Waals surface area contributed by atoms with Crippen molar-refractivity contribution in [2.75, 3.05) is 5.75 Å². The van der Waals surface area contributed by atoms with Crippen LogP contribution in [0.5, 0.6) is 0 Å². The van der Waals surface area contributed by atoms with E-state index >= 15 is 0 Å². The third-order valence-corrected chi connectivity index (χ3v) is 4.46. The molecule has 0 aliphatic heterocycles. The zero-order valence-corrected chi connectivity index (χ0v) is 10.5. The SMILES string of the molecule is CCCCSC(C)Sc1ccccc1. The lowest BCUT2D eigenvalue weighted by Gasteiger charge is -2.09. The summed E-state index contributed by atoms with van der Waals surface area (Å²) in [4.78, 5) is 1.38. The van der Waals surface area contributed by atoms with Crippen molar-refractivity contribution in [3.8, 4) is 0 Å². The molecule has 0 fully saturated rings. The Hall–Kier alpha value is -0.0800. The second-order valence-corrected chi connectivity index (χ2v) is 6.38. The van der Waals surface area contributed by atoms with E-state index in [0.717, 1.165) is 0 Å². The van der Waals surface area contributed by atoms with Crippen molar-refractivity contribution in [1.29, 1.82) is 0 Å². The summed E-state index contributed by atoms with van der Waals surface area (Å²) in [7, 11) is 0. The predicted octanol–water partition coefficient (Wildman–Crippen LogP) is 4.66. The van der Waals surface area contributed by atoms with Gasteiger partial charge >= 0.3 is 0 Å². The molecule has 0 saturated carbocycles. The molecule has 0 aliphatic rings. The van der Waals surface area contributed by atoms with Crippen molar-refractivity contribution >= 4 is 23.5 Å². The molecular weight excluding hydrogens is 208 g/mol. The van der Waals surface area contributed by atoms with Gasteiger partial charge in [0.05, 0.1) is 4.58 Å². The van der Waals surface area contributed by atoms with E-state index in [-0.39, 0.29) is 0 Å². The number of thioether (sulfide) groups is 2. The van der Waals surface area contributed by atoms with Crippen LogP contribution in [0.1, 0.15) is 26.7 Å². The highest BCUT2D eigenvalue weighted by molar-refractivity contribution is 8.17. The molecule has 0 radical (unpaired) electrons. The van der Waals surface area contributed by atoms with E-state index in [9.17, 15) is 0 Å². The Morgan fingerprint density at radius 3 is 2.57 bits per heavy atom. The maximum absolute atomic E-state index is 2.29. The lowest BCUT2D eigenvalue weighted by atomic mass is 10.4. The molecule has 0 nitrogen and oxygen atoms in total. The Labute approximate surface area is 95.9 Å². The van der Waals surface area contributed by atoms with Crippen molar-refractivity contribution < 1.29 is 0 Å². The van der Waals surface area contributed by atoms with Crippen LogP contribution in [0.3, 0.4) is 0 Å². The molecule has 1 rings (SSSR count). The quantitative estimate of drug-likeness (QED) is 0.393. The van der Waals surface area contributed by atoms with Gasteiger partial charge in [0.1, 0.15) is 0 Å². The number of hydrogen-bond donors (Lipinski definition) is 0. The van der Waals surface area contributed by atoms with Crippen LogP contribution in [0.2, 0.25) is 0 Å². The molecular formula is C12H18S2. The van der Waals surface area contributed by atoms with Crippen molar-refractivity contribution in [3.63, 3.8) is 0 Å². The van der Waals surface area contributed by atoms with Gasteiger partial charge in [-0.25, -0.2) is 0 Å². The lowest BCUT2D eigenvalue weighted by Crippen LogP contribution is -1.91. The monoisotopic (exact) mass is 226 g/mol. The molecule has 1 atom stereocenters. The molecule has 1 unspecified atom stereocenters. The van der Waals surface area contributed by atoms with Crippen molar-refractivity contribution in [2.24, 2.45) is 0 Å². The summed E-state index contributed by atoms with van der Waals surface area (Å²) in [6.45, 7) is 4.54. The molecule has 2 heteroatoms. The first-order valence-corrected chi connectivity index (χ1v) is 7.09. The Bertz CT molecular complexity index is 233. The Balaban J connectivity index is 2.23. The summed E-state index contributed by atoms with van der Waals surface area (Å²) in [5, 5.41) is 0. The fraction of sp³-hybridized carbons (Fsp3) is 0.500. The normalized spacial score (nSPS) is 12.7. The third-order valence-electron chi connectivity index (χ3n) is 1.90. The minimum atomic E-state index is 0.670. The fourth-order valence-corrected chi connectivity index (χ4v) is 3.50. The van der Waals surface area contributed by atoms with E-state index in [1.807, 2.05) is 11.8 Å². The average Bonchev–Trinajstić information content (AvgIpc) is 2.20. The largest absolute Gasteiger partial charge is 0.148 e. The van der Waals surface area contributed by atoms with Crippen LogP contribution in [-0.2, 0) is 0 Å². The Morgan fingerprint density at radius 2 is 1.93 bits per heavy atom. The maximum atomic E-state index is 2.29. The summed E-state index contributed by atoms with van der Waals surface area (Å²) in [6.07, 6.45) is 2.64. The molecule has 78 valence electrons. The lowest BCUT2D eigenvalue weighted by molar-refractivity contribution is 0.896.